The van der Waals surface area contributed by atoms with E-state index in [9.17, 15) is 4.79 Å². The number of likely N-dealkylation sites (N-methyl/N-ethyl adjacent to an activating group) is 1. The molecule has 3 aromatic rings. The Bertz CT molecular complexity index is 1110. The highest BCUT2D eigenvalue weighted by molar-refractivity contribution is 6.31. The van der Waals surface area contributed by atoms with Gasteiger partial charge in [0, 0.05) is 17.3 Å². The van der Waals surface area contributed by atoms with Crippen molar-refractivity contribution in [2.75, 3.05) is 25.0 Å². The highest BCUT2D eigenvalue weighted by atomic mass is 35.5. The van der Waals surface area contributed by atoms with Gasteiger partial charge in [0.05, 0.1) is 11.4 Å². The smallest absolute Gasteiger partial charge is 0.238 e. The number of nitrogens with one attached hydrogen (secondary N) is 1. The molecular formula is C27H28ClN3O. The van der Waals surface area contributed by atoms with E-state index in [2.05, 4.69) is 36.2 Å². The molecule has 1 unspecified atom stereocenters. The Labute approximate surface area is 194 Å². The Kier molecular flexibility index (Phi) is 7.03. The predicted molar refractivity (Wildman–Crippen MR) is 133 cm³/mol. The number of hydrogen-bond donors (Lipinski definition) is 1. The summed E-state index contributed by atoms with van der Waals surface area (Å²) in [5.41, 5.74) is 5.45. The lowest BCUT2D eigenvalue weighted by Crippen LogP contribution is -2.25. The number of anilines is 1. The molecule has 1 heterocycles. The standard InChI is InChI=1S/C27H28ClN3O/c1-3-31(4-2)17-16-19-10-13-22(14-11-19)29-26(20-8-6-5-7-9-20)25-23-15-12-21(28)18-24(23)30-27(25)32/h5-15,18,25H,3-4,16-17H2,1-2H3,(H,30,32). The van der Waals surface area contributed by atoms with Crippen LogP contribution in [0.2, 0.25) is 5.02 Å². The topological polar surface area (TPSA) is 44.7 Å². The van der Waals surface area contributed by atoms with Crippen LogP contribution in [0.1, 0.15) is 36.5 Å². The molecule has 0 bridgehead atoms. The molecule has 32 heavy (non-hydrogen) atoms. The van der Waals surface area contributed by atoms with Crippen molar-refractivity contribution < 1.29 is 4.79 Å². The Hall–Kier alpha value is -2.95. The Morgan fingerprint density at radius 1 is 1.00 bits per heavy atom. The third-order valence-electron chi connectivity index (χ3n) is 5.99. The van der Waals surface area contributed by atoms with Crippen LogP contribution in [0, 0.1) is 0 Å². The maximum Gasteiger partial charge on any atom is 0.238 e. The van der Waals surface area contributed by atoms with Gasteiger partial charge in [-0.05, 0) is 60.5 Å². The molecule has 164 valence electrons. The highest BCUT2D eigenvalue weighted by Gasteiger charge is 2.35. The lowest BCUT2D eigenvalue weighted by Gasteiger charge is -2.17. The molecule has 4 rings (SSSR count). The molecule has 5 heteroatoms. The lowest BCUT2D eigenvalue weighted by atomic mass is 9.90. The van der Waals surface area contributed by atoms with Crippen LogP contribution in [0.4, 0.5) is 11.4 Å². The molecule has 0 saturated carbocycles. The van der Waals surface area contributed by atoms with Gasteiger partial charge >= 0.3 is 0 Å². The van der Waals surface area contributed by atoms with E-state index >= 15 is 0 Å². The Morgan fingerprint density at radius 2 is 1.72 bits per heavy atom. The van der Waals surface area contributed by atoms with Crippen LogP contribution < -0.4 is 5.32 Å². The summed E-state index contributed by atoms with van der Waals surface area (Å²) in [6.45, 7) is 7.56. The predicted octanol–water partition coefficient (Wildman–Crippen LogP) is 6.08. The van der Waals surface area contributed by atoms with Crippen LogP contribution >= 0.6 is 11.6 Å². The molecule has 1 aliphatic rings. The highest BCUT2D eigenvalue weighted by Crippen LogP contribution is 2.37. The second-order valence-electron chi connectivity index (χ2n) is 7.96. The van der Waals surface area contributed by atoms with Crippen LogP contribution in [0.3, 0.4) is 0 Å². The fraction of sp³-hybridized carbons (Fsp3) is 0.259. The quantitative estimate of drug-likeness (QED) is 0.427. The molecule has 0 saturated heterocycles. The largest absolute Gasteiger partial charge is 0.325 e. The summed E-state index contributed by atoms with van der Waals surface area (Å²) in [5.74, 6) is -0.562. The van der Waals surface area contributed by atoms with Crippen molar-refractivity contribution >= 4 is 34.6 Å². The third kappa shape index (κ3) is 4.93. The molecule has 1 atom stereocenters. The van der Waals surface area contributed by atoms with Crippen molar-refractivity contribution in [1.82, 2.24) is 4.90 Å². The molecule has 0 radical (unpaired) electrons. The number of amides is 1. The van der Waals surface area contributed by atoms with Gasteiger partial charge in [-0.15, -0.1) is 0 Å². The number of benzene rings is 3. The van der Waals surface area contributed by atoms with E-state index in [1.54, 1.807) is 6.07 Å². The average Bonchev–Trinajstić information content (AvgIpc) is 3.14. The zero-order valence-electron chi connectivity index (χ0n) is 18.5. The molecule has 1 aliphatic heterocycles. The first-order valence-electron chi connectivity index (χ1n) is 11.1. The van der Waals surface area contributed by atoms with E-state index in [4.69, 9.17) is 16.6 Å². The summed E-state index contributed by atoms with van der Waals surface area (Å²) in [6, 6.07) is 23.8. The second kappa shape index (κ2) is 10.1. The van der Waals surface area contributed by atoms with Gasteiger partial charge in [-0.1, -0.05) is 74.0 Å². The molecule has 1 N–H and O–H groups in total. The molecule has 0 aromatic heterocycles. The van der Waals surface area contributed by atoms with Crippen molar-refractivity contribution in [2.45, 2.75) is 26.2 Å². The van der Waals surface area contributed by atoms with Gasteiger partial charge in [-0.25, -0.2) is 0 Å². The minimum Gasteiger partial charge on any atom is -0.325 e. The maximum atomic E-state index is 13.0. The summed E-state index contributed by atoms with van der Waals surface area (Å²) in [5, 5.41) is 3.56. The monoisotopic (exact) mass is 445 g/mol. The molecule has 1 amide bonds. The van der Waals surface area contributed by atoms with Gasteiger partial charge in [0.15, 0.2) is 0 Å². The first-order valence-corrected chi connectivity index (χ1v) is 11.5. The minimum atomic E-state index is -0.480. The number of fused-ring (bicyclic) bond motifs is 1. The van der Waals surface area contributed by atoms with E-state index < -0.39 is 5.92 Å². The third-order valence-corrected chi connectivity index (χ3v) is 6.22. The van der Waals surface area contributed by atoms with Crippen molar-refractivity contribution in [3.63, 3.8) is 0 Å². The van der Waals surface area contributed by atoms with Crippen molar-refractivity contribution in [1.29, 1.82) is 0 Å². The molecule has 0 aliphatic carbocycles. The van der Waals surface area contributed by atoms with Gasteiger partial charge in [-0.2, -0.15) is 0 Å². The minimum absolute atomic E-state index is 0.0827. The average molecular weight is 446 g/mol. The van der Waals surface area contributed by atoms with Crippen LogP contribution in [-0.4, -0.2) is 36.2 Å². The van der Waals surface area contributed by atoms with Crippen molar-refractivity contribution in [3.8, 4) is 0 Å². The number of nitrogens with zero attached hydrogens (tertiary/aromatic N) is 2. The van der Waals surface area contributed by atoms with E-state index in [0.29, 0.717) is 5.02 Å². The van der Waals surface area contributed by atoms with Gasteiger partial charge in [0.2, 0.25) is 5.91 Å². The Balaban J connectivity index is 1.66. The van der Waals surface area contributed by atoms with E-state index in [-0.39, 0.29) is 5.91 Å². The number of hydrogen-bond acceptors (Lipinski definition) is 3. The van der Waals surface area contributed by atoms with Crippen LogP contribution in [0.15, 0.2) is 77.8 Å². The zero-order chi connectivity index (χ0) is 22.5. The fourth-order valence-electron chi connectivity index (χ4n) is 4.11. The Morgan fingerprint density at radius 3 is 2.41 bits per heavy atom. The van der Waals surface area contributed by atoms with Crippen LogP contribution in [0.25, 0.3) is 0 Å². The molecule has 0 fully saturated rings. The normalized spacial score (nSPS) is 15.7. The lowest BCUT2D eigenvalue weighted by molar-refractivity contribution is -0.115. The number of carbonyl (C=O) groups is 1. The summed E-state index contributed by atoms with van der Waals surface area (Å²) >= 11 is 6.14. The summed E-state index contributed by atoms with van der Waals surface area (Å²) in [6.07, 6.45) is 1.01. The van der Waals surface area contributed by atoms with Gasteiger partial charge in [0.1, 0.15) is 5.92 Å². The molecule has 3 aromatic carbocycles. The van der Waals surface area contributed by atoms with Gasteiger partial charge in [-0.3, -0.25) is 9.79 Å². The number of halogens is 1. The number of aliphatic imine (C=N–C) groups is 1. The molecule has 4 nitrogen and oxygen atoms in total. The SMILES string of the molecule is CCN(CC)CCc1ccc(N=C(c2ccccc2)C2C(=O)Nc3cc(Cl)ccc32)cc1. The first kappa shape index (κ1) is 22.3. The van der Waals surface area contributed by atoms with Crippen LogP contribution in [-0.2, 0) is 11.2 Å². The van der Waals surface area contributed by atoms with Crippen molar-refractivity contribution in [3.05, 3.63) is 94.5 Å². The van der Waals surface area contributed by atoms with Crippen LogP contribution in [0.5, 0.6) is 0 Å². The van der Waals surface area contributed by atoms with Gasteiger partial charge < -0.3 is 10.2 Å². The first-order chi connectivity index (χ1) is 15.6. The number of rotatable bonds is 8. The second-order valence-corrected chi connectivity index (χ2v) is 8.40. The molecule has 0 spiro atoms. The van der Waals surface area contributed by atoms with E-state index in [0.717, 1.165) is 54.3 Å². The summed E-state index contributed by atoms with van der Waals surface area (Å²) in [7, 11) is 0. The van der Waals surface area contributed by atoms with E-state index in [1.165, 1.54) is 5.56 Å². The summed E-state index contributed by atoms with van der Waals surface area (Å²) < 4.78 is 0. The van der Waals surface area contributed by atoms with E-state index in [1.807, 2.05) is 54.6 Å². The van der Waals surface area contributed by atoms with Gasteiger partial charge in [0.25, 0.3) is 0 Å². The molecular weight excluding hydrogens is 418 g/mol. The fourth-order valence-corrected chi connectivity index (χ4v) is 4.29. The number of carbonyl (C=O) groups excluding carboxylic acids is 1. The summed E-state index contributed by atoms with van der Waals surface area (Å²) in [4.78, 5) is 20.4. The maximum absolute atomic E-state index is 13.0. The zero-order valence-corrected chi connectivity index (χ0v) is 19.3. The van der Waals surface area contributed by atoms with Crippen molar-refractivity contribution in [2.24, 2.45) is 4.99 Å².